The number of rotatable bonds is 2. The minimum Gasteiger partial charge on any atom is -0.361 e. The molecule has 0 spiro atoms. The molecule has 0 amide bonds. The van der Waals surface area contributed by atoms with E-state index in [1.54, 1.807) is 0 Å². The van der Waals surface area contributed by atoms with Gasteiger partial charge in [-0.25, -0.2) is 0 Å². The molecule has 0 radical (unpaired) electrons. The van der Waals surface area contributed by atoms with Gasteiger partial charge in [0.1, 0.15) is 0 Å². The van der Waals surface area contributed by atoms with Gasteiger partial charge >= 0.3 is 0 Å². The maximum atomic E-state index is 11.9. The lowest BCUT2D eigenvalue weighted by Crippen LogP contribution is -2.03. The number of carbonyl (C=O) groups is 1. The molecule has 0 aromatic heterocycles. The molecule has 0 aliphatic heterocycles. The molecule has 2 heteroatoms. The second kappa shape index (κ2) is 5.85. The molecular formula is C16H21NO. The van der Waals surface area contributed by atoms with Crippen molar-refractivity contribution in [3.63, 3.8) is 0 Å². The molecule has 0 atom stereocenters. The van der Waals surface area contributed by atoms with Crippen molar-refractivity contribution >= 4 is 11.5 Å². The highest BCUT2D eigenvalue weighted by atomic mass is 16.1. The molecule has 0 heterocycles. The largest absolute Gasteiger partial charge is 0.361 e. The lowest BCUT2D eigenvalue weighted by molar-refractivity contribution is -0.115. The van der Waals surface area contributed by atoms with Crippen molar-refractivity contribution in [2.75, 3.05) is 5.32 Å². The maximum absolute atomic E-state index is 11.9. The Hall–Kier alpha value is -1.57. The van der Waals surface area contributed by atoms with Crippen LogP contribution in [0.2, 0.25) is 0 Å². The van der Waals surface area contributed by atoms with Crippen LogP contribution >= 0.6 is 0 Å². The summed E-state index contributed by atoms with van der Waals surface area (Å²) in [6, 6.07) is 6.31. The average molecular weight is 243 g/mol. The van der Waals surface area contributed by atoms with Crippen LogP contribution in [-0.4, -0.2) is 5.78 Å². The molecule has 0 saturated heterocycles. The third kappa shape index (κ3) is 3.22. The number of benzene rings is 1. The Labute approximate surface area is 109 Å². The fourth-order valence-electron chi connectivity index (χ4n) is 2.37. The molecule has 1 saturated carbocycles. The van der Waals surface area contributed by atoms with Gasteiger partial charge in [-0.05, 0) is 44.7 Å². The molecule has 0 bridgehead atoms. The first-order valence-electron chi connectivity index (χ1n) is 6.73. The van der Waals surface area contributed by atoms with Crippen LogP contribution in [0.3, 0.4) is 0 Å². The quantitative estimate of drug-likeness (QED) is 0.625. The summed E-state index contributed by atoms with van der Waals surface area (Å²) in [6.07, 6.45) is 6.88. The first-order chi connectivity index (χ1) is 8.66. The first-order valence-corrected chi connectivity index (χ1v) is 6.73. The fourth-order valence-corrected chi connectivity index (χ4v) is 2.37. The van der Waals surface area contributed by atoms with E-state index in [0.717, 1.165) is 30.5 Å². The number of allylic oxidation sites excluding steroid dienone is 1. The molecule has 2 nitrogen and oxygen atoms in total. The van der Waals surface area contributed by atoms with Crippen LogP contribution in [0.4, 0.5) is 5.69 Å². The smallest absolute Gasteiger partial charge is 0.160 e. The first kappa shape index (κ1) is 12.9. The van der Waals surface area contributed by atoms with Crippen molar-refractivity contribution in [1.82, 2.24) is 0 Å². The summed E-state index contributed by atoms with van der Waals surface area (Å²) in [5, 5.41) is 3.29. The number of carbonyl (C=O) groups excluding carboxylic acids is 1. The summed E-state index contributed by atoms with van der Waals surface area (Å²) in [6.45, 7) is 4.17. The van der Waals surface area contributed by atoms with E-state index in [0.29, 0.717) is 12.2 Å². The molecule has 96 valence electrons. The Balaban J connectivity index is 2.11. The monoisotopic (exact) mass is 243 g/mol. The Morgan fingerprint density at radius 3 is 2.67 bits per heavy atom. The second-order valence-electron chi connectivity index (χ2n) is 5.12. The predicted octanol–water partition coefficient (Wildman–Crippen LogP) is 4.13. The van der Waals surface area contributed by atoms with Crippen LogP contribution in [0.15, 0.2) is 30.0 Å². The van der Waals surface area contributed by atoms with E-state index in [2.05, 4.69) is 37.4 Å². The van der Waals surface area contributed by atoms with Gasteiger partial charge in [-0.15, -0.1) is 0 Å². The zero-order valence-electron chi connectivity index (χ0n) is 11.3. The van der Waals surface area contributed by atoms with Gasteiger partial charge in [0.05, 0.1) is 0 Å². The minimum absolute atomic E-state index is 0.310. The third-order valence-corrected chi connectivity index (χ3v) is 3.49. The predicted molar refractivity (Wildman–Crippen MR) is 75.7 cm³/mol. The Morgan fingerprint density at radius 2 is 1.89 bits per heavy atom. The van der Waals surface area contributed by atoms with Crippen molar-refractivity contribution in [3.8, 4) is 0 Å². The summed E-state index contributed by atoms with van der Waals surface area (Å²) in [4.78, 5) is 11.9. The molecule has 1 N–H and O–H groups in total. The van der Waals surface area contributed by atoms with E-state index < -0.39 is 0 Å². The van der Waals surface area contributed by atoms with Crippen LogP contribution < -0.4 is 5.32 Å². The third-order valence-electron chi connectivity index (χ3n) is 3.49. The van der Waals surface area contributed by atoms with Crippen molar-refractivity contribution in [2.45, 2.75) is 46.0 Å². The van der Waals surface area contributed by atoms with E-state index in [9.17, 15) is 4.79 Å². The van der Waals surface area contributed by atoms with Crippen molar-refractivity contribution < 1.29 is 4.79 Å². The molecule has 0 unspecified atom stereocenters. The van der Waals surface area contributed by atoms with E-state index >= 15 is 0 Å². The van der Waals surface area contributed by atoms with Crippen molar-refractivity contribution in [1.29, 1.82) is 0 Å². The number of ketones is 1. The van der Waals surface area contributed by atoms with Crippen LogP contribution in [0.5, 0.6) is 0 Å². The molecule has 1 aliphatic carbocycles. The average Bonchev–Trinajstić information content (AvgIpc) is 2.53. The molecule has 18 heavy (non-hydrogen) atoms. The van der Waals surface area contributed by atoms with Gasteiger partial charge in [-0.1, -0.05) is 24.1 Å². The van der Waals surface area contributed by atoms with E-state index in [-0.39, 0.29) is 0 Å². The van der Waals surface area contributed by atoms with Gasteiger partial charge in [0.25, 0.3) is 0 Å². The lowest BCUT2D eigenvalue weighted by atomic mass is 10.1. The number of anilines is 1. The van der Waals surface area contributed by atoms with Crippen LogP contribution in [-0.2, 0) is 4.79 Å². The second-order valence-corrected chi connectivity index (χ2v) is 5.12. The molecule has 1 aromatic carbocycles. The lowest BCUT2D eigenvalue weighted by Gasteiger charge is -2.08. The summed E-state index contributed by atoms with van der Waals surface area (Å²) in [7, 11) is 0. The molecular weight excluding hydrogens is 222 g/mol. The highest BCUT2D eigenvalue weighted by Gasteiger charge is 2.13. The van der Waals surface area contributed by atoms with Gasteiger partial charge in [0, 0.05) is 23.9 Å². The minimum atomic E-state index is 0.310. The number of nitrogens with one attached hydrogen (secondary N) is 1. The Morgan fingerprint density at radius 1 is 1.11 bits per heavy atom. The van der Waals surface area contributed by atoms with Crippen LogP contribution in [0.25, 0.3) is 0 Å². The normalized spacial score (nSPS) is 18.8. The van der Waals surface area contributed by atoms with Crippen LogP contribution in [0, 0.1) is 13.8 Å². The molecule has 2 rings (SSSR count). The van der Waals surface area contributed by atoms with Gasteiger partial charge in [0.2, 0.25) is 0 Å². The summed E-state index contributed by atoms with van der Waals surface area (Å²) in [5.41, 5.74) is 4.52. The van der Waals surface area contributed by atoms with Gasteiger partial charge < -0.3 is 5.32 Å². The van der Waals surface area contributed by atoms with Crippen molar-refractivity contribution in [3.05, 3.63) is 41.1 Å². The number of hydrogen-bond acceptors (Lipinski definition) is 2. The molecule has 1 fully saturated rings. The van der Waals surface area contributed by atoms with E-state index in [1.807, 2.05) is 6.20 Å². The van der Waals surface area contributed by atoms with Gasteiger partial charge in [-0.2, -0.15) is 0 Å². The number of aryl methyl sites for hydroxylation is 2. The number of hydrogen-bond donors (Lipinski definition) is 1. The zero-order chi connectivity index (χ0) is 13.0. The topological polar surface area (TPSA) is 29.1 Å². The fraction of sp³-hybridized carbons (Fsp3) is 0.438. The number of Topliss-reactive ketones (excluding diaryl/α,β-unsaturated/α-hetero) is 1. The standard InChI is InChI=1S/C16H21NO/c1-12-8-9-15(13(2)10-12)17-11-14-6-4-3-5-7-16(14)18/h8-11,17H,3-7H2,1-2H3. The van der Waals surface area contributed by atoms with E-state index in [1.165, 1.54) is 17.5 Å². The summed E-state index contributed by atoms with van der Waals surface area (Å²) < 4.78 is 0. The van der Waals surface area contributed by atoms with Gasteiger partial charge in [-0.3, -0.25) is 4.79 Å². The van der Waals surface area contributed by atoms with E-state index in [4.69, 9.17) is 0 Å². The zero-order valence-corrected chi connectivity index (χ0v) is 11.3. The Bertz CT molecular complexity index is 474. The van der Waals surface area contributed by atoms with Crippen molar-refractivity contribution in [2.24, 2.45) is 0 Å². The molecule has 1 aromatic rings. The van der Waals surface area contributed by atoms with Crippen LogP contribution in [0.1, 0.15) is 43.2 Å². The SMILES string of the molecule is Cc1ccc(NC=C2CCCCCC2=O)c(C)c1. The maximum Gasteiger partial charge on any atom is 0.160 e. The molecule has 1 aliphatic rings. The summed E-state index contributed by atoms with van der Waals surface area (Å²) >= 11 is 0. The Kier molecular flexibility index (Phi) is 4.19. The summed E-state index contributed by atoms with van der Waals surface area (Å²) in [5.74, 6) is 0.310. The highest BCUT2D eigenvalue weighted by molar-refractivity contribution is 5.95. The van der Waals surface area contributed by atoms with Gasteiger partial charge in [0.15, 0.2) is 5.78 Å². The highest BCUT2D eigenvalue weighted by Crippen LogP contribution is 2.21.